The normalized spacial score (nSPS) is 10.1. The molecular formula is C14H13IN2O. The molecule has 4 heteroatoms. The summed E-state index contributed by atoms with van der Waals surface area (Å²) < 4.78 is 6.86. The Bertz CT molecular complexity index is 535. The first-order valence-corrected chi connectivity index (χ1v) is 6.55. The van der Waals surface area contributed by atoms with E-state index in [9.17, 15) is 0 Å². The molecule has 0 amide bonds. The van der Waals surface area contributed by atoms with Crippen LogP contribution in [0.2, 0.25) is 0 Å². The Kier molecular flexibility index (Phi) is 4.19. The van der Waals surface area contributed by atoms with Crippen LogP contribution in [-0.4, -0.2) is 5.84 Å². The third-order valence-corrected chi connectivity index (χ3v) is 3.20. The molecule has 0 saturated heterocycles. The van der Waals surface area contributed by atoms with Crippen molar-refractivity contribution in [2.75, 3.05) is 0 Å². The molecule has 92 valence electrons. The van der Waals surface area contributed by atoms with E-state index in [1.807, 2.05) is 24.3 Å². The van der Waals surface area contributed by atoms with E-state index in [1.165, 1.54) is 3.57 Å². The van der Waals surface area contributed by atoms with Crippen molar-refractivity contribution in [1.29, 1.82) is 5.41 Å². The van der Waals surface area contributed by atoms with E-state index in [2.05, 4.69) is 34.7 Å². The molecule has 2 rings (SSSR count). The van der Waals surface area contributed by atoms with Gasteiger partial charge in [-0.3, -0.25) is 5.41 Å². The second-order valence-corrected chi connectivity index (χ2v) is 5.10. The Balaban J connectivity index is 1.97. The van der Waals surface area contributed by atoms with E-state index >= 15 is 0 Å². The van der Waals surface area contributed by atoms with Gasteiger partial charge in [0.25, 0.3) is 0 Å². The molecule has 3 nitrogen and oxygen atoms in total. The maximum atomic E-state index is 7.30. The number of rotatable bonds is 4. The molecule has 0 heterocycles. The first kappa shape index (κ1) is 12.9. The maximum absolute atomic E-state index is 7.30. The quantitative estimate of drug-likeness (QED) is 0.505. The van der Waals surface area contributed by atoms with E-state index < -0.39 is 0 Å². The van der Waals surface area contributed by atoms with E-state index in [0.717, 1.165) is 11.3 Å². The molecular weight excluding hydrogens is 339 g/mol. The van der Waals surface area contributed by atoms with Gasteiger partial charge in [-0.05, 0) is 64.6 Å². The van der Waals surface area contributed by atoms with Crippen molar-refractivity contribution in [2.45, 2.75) is 6.61 Å². The fraction of sp³-hybridized carbons (Fsp3) is 0.0714. The van der Waals surface area contributed by atoms with E-state index in [-0.39, 0.29) is 5.84 Å². The smallest absolute Gasteiger partial charge is 0.122 e. The molecule has 0 bridgehead atoms. The number of nitrogens with one attached hydrogen (secondary N) is 1. The third-order valence-electron chi connectivity index (χ3n) is 2.48. The van der Waals surface area contributed by atoms with Crippen molar-refractivity contribution in [3.8, 4) is 5.75 Å². The molecule has 0 aliphatic rings. The molecule has 0 saturated carbocycles. The number of halogens is 1. The summed E-state index contributed by atoms with van der Waals surface area (Å²) >= 11 is 2.27. The van der Waals surface area contributed by atoms with E-state index in [1.54, 1.807) is 12.1 Å². The minimum atomic E-state index is 0.0687. The monoisotopic (exact) mass is 352 g/mol. The maximum Gasteiger partial charge on any atom is 0.122 e. The molecule has 3 N–H and O–H groups in total. The van der Waals surface area contributed by atoms with Crippen LogP contribution in [0.25, 0.3) is 0 Å². The lowest BCUT2D eigenvalue weighted by Gasteiger charge is -2.07. The average Bonchev–Trinajstić information content (AvgIpc) is 2.38. The second-order valence-electron chi connectivity index (χ2n) is 3.85. The molecule has 0 radical (unpaired) electrons. The standard InChI is InChI=1S/C14H13IN2O/c15-12-5-1-10(2-6-12)9-18-13-7-3-11(4-8-13)14(16)17/h1-8H,9H2,(H3,16,17). The Morgan fingerprint density at radius 1 is 1.06 bits per heavy atom. The van der Waals surface area contributed by atoms with Gasteiger partial charge in [0.05, 0.1) is 0 Å². The summed E-state index contributed by atoms with van der Waals surface area (Å²) in [6.07, 6.45) is 0. The zero-order chi connectivity index (χ0) is 13.0. The molecule has 2 aromatic carbocycles. The predicted molar refractivity (Wildman–Crippen MR) is 80.9 cm³/mol. The Labute approximate surface area is 120 Å². The van der Waals surface area contributed by atoms with Crippen LogP contribution in [0, 0.1) is 8.98 Å². The highest BCUT2D eigenvalue weighted by Gasteiger charge is 1.98. The Hall–Kier alpha value is -1.56. The van der Waals surface area contributed by atoms with Crippen LogP contribution in [0.15, 0.2) is 48.5 Å². The fourth-order valence-electron chi connectivity index (χ4n) is 1.48. The molecule has 0 fully saturated rings. The van der Waals surface area contributed by atoms with Gasteiger partial charge in [0.1, 0.15) is 18.2 Å². The lowest BCUT2D eigenvalue weighted by atomic mass is 10.2. The SMILES string of the molecule is N=C(N)c1ccc(OCc2ccc(I)cc2)cc1. The minimum Gasteiger partial charge on any atom is -0.489 e. The van der Waals surface area contributed by atoms with E-state index in [0.29, 0.717) is 12.2 Å². The fourth-order valence-corrected chi connectivity index (χ4v) is 1.84. The Morgan fingerprint density at radius 2 is 1.67 bits per heavy atom. The molecule has 0 spiro atoms. The number of ether oxygens (including phenoxy) is 1. The second kappa shape index (κ2) is 5.86. The lowest BCUT2D eigenvalue weighted by Crippen LogP contribution is -2.10. The number of hydrogen-bond acceptors (Lipinski definition) is 2. The molecule has 0 unspecified atom stereocenters. The zero-order valence-electron chi connectivity index (χ0n) is 9.69. The van der Waals surface area contributed by atoms with Crippen molar-refractivity contribution in [3.05, 3.63) is 63.2 Å². The largest absolute Gasteiger partial charge is 0.489 e. The molecule has 0 aliphatic carbocycles. The molecule has 2 aromatic rings. The molecule has 0 atom stereocenters. The van der Waals surface area contributed by atoms with Crippen molar-refractivity contribution < 1.29 is 4.74 Å². The topological polar surface area (TPSA) is 59.1 Å². The summed E-state index contributed by atoms with van der Waals surface area (Å²) in [5, 5.41) is 7.30. The van der Waals surface area contributed by atoms with Crippen molar-refractivity contribution >= 4 is 28.4 Å². The highest BCUT2D eigenvalue weighted by atomic mass is 127. The summed E-state index contributed by atoms with van der Waals surface area (Å²) in [6, 6.07) is 15.4. The van der Waals surface area contributed by atoms with Crippen LogP contribution in [0.4, 0.5) is 0 Å². The number of nitrogens with two attached hydrogens (primary N) is 1. The van der Waals surface area contributed by atoms with Crippen molar-refractivity contribution in [1.82, 2.24) is 0 Å². The summed E-state index contributed by atoms with van der Waals surface area (Å²) in [4.78, 5) is 0. The van der Waals surface area contributed by atoms with Crippen LogP contribution in [0.5, 0.6) is 5.75 Å². The summed E-state index contributed by atoms with van der Waals surface area (Å²) in [7, 11) is 0. The van der Waals surface area contributed by atoms with Crippen LogP contribution in [0.3, 0.4) is 0 Å². The van der Waals surface area contributed by atoms with Gasteiger partial charge >= 0.3 is 0 Å². The van der Waals surface area contributed by atoms with Gasteiger partial charge in [-0.25, -0.2) is 0 Å². The van der Waals surface area contributed by atoms with Crippen LogP contribution in [-0.2, 0) is 6.61 Å². The number of nitrogen functional groups attached to an aromatic ring is 1. The molecule has 0 aromatic heterocycles. The van der Waals surface area contributed by atoms with Gasteiger partial charge in [-0.2, -0.15) is 0 Å². The van der Waals surface area contributed by atoms with Gasteiger partial charge < -0.3 is 10.5 Å². The van der Waals surface area contributed by atoms with Gasteiger partial charge in [-0.1, -0.05) is 12.1 Å². The van der Waals surface area contributed by atoms with E-state index in [4.69, 9.17) is 15.9 Å². The van der Waals surface area contributed by atoms with Gasteiger partial charge in [0.15, 0.2) is 0 Å². The number of amidine groups is 1. The number of benzene rings is 2. The summed E-state index contributed by atoms with van der Waals surface area (Å²) in [5.74, 6) is 0.845. The predicted octanol–water partition coefficient (Wildman–Crippen LogP) is 3.15. The van der Waals surface area contributed by atoms with Crippen molar-refractivity contribution in [3.63, 3.8) is 0 Å². The first-order chi connectivity index (χ1) is 8.65. The summed E-state index contributed by atoms with van der Waals surface area (Å²) in [6.45, 7) is 0.538. The van der Waals surface area contributed by atoms with Gasteiger partial charge in [-0.15, -0.1) is 0 Å². The highest BCUT2D eigenvalue weighted by molar-refractivity contribution is 14.1. The highest BCUT2D eigenvalue weighted by Crippen LogP contribution is 2.14. The Morgan fingerprint density at radius 3 is 2.22 bits per heavy atom. The molecule has 0 aliphatic heterocycles. The van der Waals surface area contributed by atoms with Crippen LogP contribution < -0.4 is 10.5 Å². The first-order valence-electron chi connectivity index (χ1n) is 5.47. The third kappa shape index (κ3) is 3.46. The van der Waals surface area contributed by atoms with Gasteiger partial charge in [0, 0.05) is 9.13 Å². The average molecular weight is 352 g/mol. The lowest BCUT2D eigenvalue weighted by molar-refractivity contribution is 0.306. The summed E-state index contributed by atoms with van der Waals surface area (Å²) in [5.41, 5.74) is 7.22. The zero-order valence-corrected chi connectivity index (χ0v) is 11.8. The van der Waals surface area contributed by atoms with Gasteiger partial charge in [0.2, 0.25) is 0 Å². The van der Waals surface area contributed by atoms with Crippen molar-refractivity contribution in [2.24, 2.45) is 5.73 Å². The van der Waals surface area contributed by atoms with Crippen LogP contribution in [0.1, 0.15) is 11.1 Å². The molecule has 18 heavy (non-hydrogen) atoms. The van der Waals surface area contributed by atoms with Crippen LogP contribution >= 0.6 is 22.6 Å². The minimum absolute atomic E-state index is 0.0687. The number of hydrogen-bond donors (Lipinski definition) is 2.